The highest BCUT2D eigenvalue weighted by molar-refractivity contribution is 8.16. The van der Waals surface area contributed by atoms with E-state index in [2.05, 4.69) is 4.99 Å². The first-order valence-electron chi connectivity index (χ1n) is 7.72. The molecule has 0 spiro atoms. The van der Waals surface area contributed by atoms with Crippen molar-refractivity contribution in [3.05, 3.63) is 29.3 Å². The third-order valence-electron chi connectivity index (χ3n) is 4.17. The second kappa shape index (κ2) is 6.65. The fourth-order valence-corrected chi connectivity index (χ4v) is 7.04. The van der Waals surface area contributed by atoms with Gasteiger partial charge in [-0.05, 0) is 18.2 Å². The van der Waals surface area contributed by atoms with Crippen molar-refractivity contribution in [2.75, 3.05) is 16.4 Å². The van der Waals surface area contributed by atoms with Gasteiger partial charge in [-0.25, -0.2) is 8.42 Å². The van der Waals surface area contributed by atoms with Crippen LogP contribution in [0.1, 0.15) is 18.1 Å². The van der Waals surface area contributed by atoms with Crippen LogP contribution in [0, 0.1) is 0 Å². The summed E-state index contributed by atoms with van der Waals surface area (Å²) in [6.07, 6.45) is -10.1. The Kier molecular flexibility index (Phi) is 4.97. The van der Waals surface area contributed by atoms with Gasteiger partial charge in [-0.1, -0.05) is 11.8 Å². The van der Waals surface area contributed by atoms with Gasteiger partial charge in [-0.15, -0.1) is 0 Å². The Morgan fingerprint density at radius 2 is 1.61 bits per heavy atom. The number of aliphatic imine (C=N–C) groups is 1. The average molecular weight is 446 g/mol. The quantitative estimate of drug-likeness (QED) is 0.619. The third-order valence-corrected chi connectivity index (χ3v) is 7.38. The molecule has 2 atom stereocenters. The summed E-state index contributed by atoms with van der Waals surface area (Å²) in [6.45, 7) is 1.07. The Morgan fingerprint density at radius 3 is 2.07 bits per heavy atom. The van der Waals surface area contributed by atoms with Gasteiger partial charge in [0.2, 0.25) is 5.91 Å². The molecule has 0 aromatic heterocycles. The SMILES string of the molecule is CC(=O)N=C1S[C@@H]2CS(=O)(=O)C[C@@H]2N1c1cc(C(F)(F)F)cc(C(F)(F)F)c1. The Morgan fingerprint density at radius 1 is 1.07 bits per heavy atom. The van der Waals surface area contributed by atoms with E-state index in [1.165, 1.54) is 0 Å². The van der Waals surface area contributed by atoms with E-state index in [1.54, 1.807) is 0 Å². The molecule has 13 heteroatoms. The number of fused-ring (bicyclic) bond motifs is 1. The second-order valence-electron chi connectivity index (χ2n) is 6.35. The first-order valence-corrected chi connectivity index (χ1v) is 10.4. The first-order chi connectivity index (χ1) is 12.7. The maximum atomic E-state index is 13.2. The van der Waals surface area contributed by atoms with Crippen LogP contribution in [-0.4, -0.2) is 42.3 Å². The van der Waals surface area contributed by atoms with E-state index >= 15 is 0 Å². The van der Waals surface area contributed by atoms with Crippen molar-refractivity contribution in [2.24, 2.45) is 4.99 Å². The standard InChI is InChI=1S/C15H12F6N2O3S2/c1-7(24)22-13-23(11-5-28(25,26)6-12(11)27-13)10-3-8(14(16,17)18)2-9(4-10)15(19,20)21/h2-4,11-12H,5-6H2,1H3/t11-,12+/m0/s1. The summed E-state index contributed by atoms with van der Waals surface area (Å²) in [4.78, 5) is 16.0. The number of nitrogens with zero attached hydrogens (tertiary/aromatic N) is 2. The van der Waals surface area contributed by atoms with Crippen LogP contribution in [0.25, 0.3) is 0 Å². The highest BCUT2D eigenvalue weighted by atomic mass is 32.2. The Bertz CT molecular complexity index is 923. The summed E-state index contributed by atoms with van der Waals surface area (Å²) in [7, 11) is -3.52. The Labute approximate surface area is 159 Å². The van der Waals surface area contributed by atoms with E-state index in [9.17, 15) is 39.6 Å². The van der Waals surface area contributed by atoms with Crippen LogP contribution in [0.4, 0.5) is 32.0 Å². The number of amidine groups is 1. The molecule has 3 rings (SSSR count). The first kappa shape index (κ1) is 21.0. The Hall–Kier alpha value is -1.76. The van der Waals surface area contributed by atoms with Crippen molar-refractivity contribution in [3.63, 3.8) is 0 Å². The van der Waals surface area contributed by atoms with Gasteiger partial charge in [0, 0.05) is 17.9 Å². The van der Waals surface area contributed by atoms with Crippen LogP contribution >= 0.6 is 11.8 Å². The summed E-state index contributed by atoms with van der Waals surface area (Å²) in [5, 5.41) is -0.767. The fourth-order valence-electron chi connectivity index (χ4n) is 3.08. The highest BCUT2D eigenvalue weighted by Gasteiger charge is 2.50. The molecule has 2 fully saturated rings. The van der Waals surface area contributed by atoms with Crippen LogP contribution in [0.15, 0.2) is 23.2 Å². The van der Waals surface area contributed by atoms with Gasteiger partial charge in [0.05, 0.1) is 28.7 Å². The molecule has 1 amide bonds. The van der Waals surface area contributed by atoms with Crippen molar-refractivity contribution in [3.8, 4) is 0 Å². The number of benzene rings is 1. The van der Waals surface area contributed by atoms with Crippen LogP contribution in [0.5, 0.6) is 0 Å². The van der Waals surface area contributed by atoms with Crippen LogP contribution in [0.3, 0.4) is 0 Å². The van der Waals surface area contributed by atoms with Gasteiger partial charge in [0.1, 0.15) is 0 Å². The molecular formula is C15H12F6N2O3S2. The van der Waals surface area contributed by atoms with Crippen molar-refractivity contribution in [1.82, 2.24) is 0 Å². The molecular weight excluding hydrogens is 434 g/mol. The van der Waals surface area contributed by atoms with E-state index in [4.69, 9.17) is 0 Å². The number of hydrogen-bond donors (Lipinski definition) is 0. The summed E-state index contributed by atoms with van der Waals surface area (Å²) in [5.74, 6) is -1.47. The smallest absolute Gasteiger partial charge is 0.316 e. The number of carbonyl (C=O) groups excluding carboxylic acids is 1. The molecule has 0 bridgehead atoms. The van der Waals surface area contributed by atoms with E-state index in [0.29, 0.717) is 12.1 Å². The predicted molar refractivity (Wildman–Crippen MR) is 90.9 cm³/mol. The van der Waals surface area contributed by atoms with Gasteiger partial charge >= 0.3 is 12.4 Å². The zero-order chi connectivity index (χ0) is 21.1. The lowest BCUT2D eigenvalue weighted by atomic mass is 10.1. The number of hydrogen-bond acceptors (Lipinski definition) is 4. The zero-order valence-corrected chi connectivity index (χ0v) is 15.6. The molecule has 5 nitrogen and oxygen atoms in total. The molecule has 0 unspecified atom stereocenters. The van der Waals surface area contributed by atoms with Crippen molar-refractivity contribution >= 4 is 38.4 Å². The normalized spacial score (nSPS) is 26.0. The number of anilines is 1. The molecule has 2 aliphatic heterocycles. The van der Waals surface area contributed by atoms with Gasteiger partial charge < -0.3 is 4.90 Å². The van der Waals surface area contributed by atoms with E-state index < -0.39 is 62.0 Å². The number of alkyl halides is 6. The molecule has 2 aliphatic rings. The molecule has 0 saturated carbocycles. The highest BCUT2D eigenvalue weighted by Crippen LogP contribution is 2.44. The van der Waals surface area contributed by atoms with Crippen LogP contribution in [0.2, 0.25) is 0 Å². The minimum Gasteiger partial charge on any atom is -0.316 e. The third kappa shape index (κ3) is 4.14. The number of carbonyl (C=O) groups is 1. The number of sulfone groups is 1. The molecule has 2 saturated heterocycles. The maximum absolute atomic E-state index is 13.2. The minimum absolute atomic E-state index is 0.0165. The molecule has 28 heavy (non-hydrogen) atoms. The van der Waals surface area contributed by atoms with Gasteiger partial charge in [-0.3, -0.25) is 4.79 Å². The number of thioether (sulfide) groups is 1. The Balaban J connectivity index is 2.19. The van der Waals surface area contributed by atoms with Gasteiger partial charge in [-0.2, -0.15) is 31.3 Å². The van der Waals surface area contributed by atoms with E-state index in [1.807, 2.05) is 0 Å². The molecule has 2 heterocycles. The van der Waals surface area contributed by atoms with E-state index in [0.717, 1.165) is 23.6 Å². The van der Waals surface area contributed by atoms with Crippen molar-refractivity contribution in [1.29, 1.82) is 0 Å². The monoisotopic (exact) mass is 446 g/mol. The predicted octanol–water partition coefficient (Wildman–Crippen LogP) is 3.35. The average Bonchev–Trinajstić information content (AvgIpc) is 2.95. The summed E-state index contributed by atoms with van der Waals surface area (Å²) < 4.78 is 103. The van der Waals surface area contributed by atoms with Gasteiger partial charge in [0.25, 0.3) is 0 Å². The zero-order valence-electron chi connectivity index (χ0n) is 14.0. The molecule has 1 aromatic rings. The van der Waals surface area contributed by atoms with Gasteiger partial charge in [0.15, 0.2) is 15.0 Å². The van der Waals surface area contributed by atoms with Crippen molar-refractivity contribution in [2.45, 2.75) is 30.6 Å². The maximum Gasteiger partial charge on any atom is 0.416 e. The molecule has 1 aromatic carbocycles. The molecule has 0 radical (unpaired) electrons. The summed E-state index contributed by atoms with van der Waals surface area (Å²) in [5.41, 5.74) is -3.58. The molecule has 0 aliphatic carbocycles. The number of amides is 1. The molecule has 0 N–H and O–H groups in total. The second-order valence-corrected chi connectivity index (χ2v) is 9.71. The topological polar surface area (TPSA) is 66.8 Å². The van der Waals surface area contributed by atoms with Crippen LogP contribution < -0.4 is 4.90 Å². The summed E-state index contributed by atoms with van der Waals surface area (Å²) in [6, 6.07) is 0.0623. The number of rotatable bonds is 1. The number of halogens is 6. The van der Waals surface area contributed by atoms with Crippen molar-refractivity contribution < 1.29 is 39.6 Å². The lowest BCUT2D eigenvalue weighted by Crippen LogP contribution is -2.38. The minimum atomic E-state index is -5.05. The fraction of sp³-hybridized carbons (Fsp3) is 0.467. The van der Waals surface area contributed by atoms with Crippen LogP contribution in [-0.2, 0) is 27.0 Å². The largest absolute Gasteiger partial charge is 0.416 e. The lowest BCUT2D eigenvalue weighted by molar-refractivity contribution is -0.143. The lowest BCUT2D eigenvalue weighted by Gasteiger charge is -2.26. The molecule has 154 valence electrons. The summed E-state index contributed by atoms with van der Waals surface area (Å²) >= 11 is 0.855. The van der Waals surface area contributed by atoms with E-state index in [-0.39, 0.29) is 17.0 Å².